The lowest BCUT2D eigenvalue weighted by Crippen LogP contribution is -2.57. The number of benzene rings is 3. The summed E-state index contributed by atoms with van der Waals surface area (Å²) in [4.78, 5) is 45.0. The number of carboxylic acids is 1. The van der Waals surface area contributed by atoms with E-state index in [9.17, 15) is 24.6 Å². The molecule has 4 aromatic rings. The number of aromatic nitrogens is 1. The Morgan fingerprint density at radius 1 is 0.917 bits per heavy atom. The first-order valence-electron chi connectivity index (χ1n) is 11.7. The van der Waals surface area contributed by atoms with E-state index in [4.69, 9.17) is 0 Å². The molecule has 0 aliphatic carbocycles. The summed E-state index contributed by atoms with van der Waals surface area (Å²) in [6, 6.07) is 21.7. The van der Waals surface area contributed by atoms with Gasteiger partial charge in [-0.05, 0) is 29.8 Å². The summed E-state index contributed by atoms with van der Waals surface area (Å²) in [6.07, 6.45) is 1.72. The number of carbonyl (C=O) groups is 3. The summed E-state index contributed by atoms with van der Waals surface area (Å²) in [6.45, 7) is 0. The SMILES string of the molecule is O=C1[C@@H]2[C@@H](C(=O)N1c1ccccc1)[C@](Cc1c[nH]c3ccccc13)(C(=O)O)N[C@H]2c1ccccc1O. The fourth-order valence-corrected chi connectivity index (χ4v) is 5.87. The minimum Gasteiger partial charge on any atom is -0.508 e. The first-order chi connectivity index (χ1) is 17.4. The molecule has 0 bridgehead atoms. The number of rotatable bonds is 5. The highest BCUT2D eigenvalue weighted by Gasteiger charge is 2.69. The Labute approximate surface area is 206 Å². The number of aliphatic carboxylic acids is 1. The molecule has 2 saturated heterocycles. The van der Waals surface area contributed by atoms with Crippen LogP contribution in [-0.2, 0) is 20.8 Å². The monoisotopic (exact) mass is 481 g/mol. The van der Waals surface area contributed by atoms with E-state index in [2.05, 4.69) is 10.3 Å². The molecule has 2 aliphatic heterocycles. The van der Waals surface area contributed by atoms with E-state index in [0.29, 0.717) is 11.3 Å². The Balaban J connectivity index is 1.53. The van der Waals surface area contributed by atoms with Crippen molar-refractivity contribution in [1.82, 2.24) is 10.3 Å². The van der Waals surface area contributed by atoms with Gasteiger partial charge in [0.05, 0.1) is 17.5 Å². The summed E-state index contributed by atoms with van der Waals surface area (Å²) in [5.41, 5.74) is 0.559. The molecule has 8 heteroatoms. The maximum Gasteiger partial charge on any atom is 0.325 e. The van der Waals surface area contributed by atoms with Crippen molar-refractivity contribution < 1.29 is 24.6 Å². The normalized spacial score (nSPS) is 25.4. The molecule has 2 amide bonds. The second-order valence-corrected chi connectivity index (χ2v) is 9.34. The second kappa shape index (κ2) is 8.07. The minimum atomic E-state index is -1.78. The van der Waals surface area contributed by atoms with Crippen LogP contribution in [-0.4, -0.2) is 38.5 Å². The first-order valence-corrected chi connectivity index (χ1v) is 11.7. The Kier molecular flexibility index (Phi) is 4.94. The van der Waals surface area contributed by atoms with Crippen molar-refractivity contribution in [2.24, 2.45) is 11.8 Å². The van der Waals surface area contributed by atoms with E-state index in [1.54, 1.807) is 54.7 Å². The topological polar surface area (TPSA) is 123 Å². The fraction of sp³-hybridized carbons (Fsp3) is 0.179. The number of amides is 2. The van der Waals surface area contributed by atoms with Crippen LogP contribution in [0.3, 0.4) is 0 Å². The lowest BCUT2D eigenvalue weighted by molar-refractivity contribution is -0.148. The number of anilines is 1. The lowest BCUT2D eigenvalue weighted by Gasteiger charge is -2.31. The van der Waals surface area contributed by atoms with Crippen LogP contribution < -0.4 is 10.2 Å². The summed E-state index contributed by atoms with van der Waals surface area (Å²) < 4.78 is 0. The molecule has 6 rings (SSSR count). The summed E-state index contributed by atoms with van der Waals surface area (Å²) in [7, 11) is 0. The molecule has 8 nitrogen and oxygen atoms in total. The molecular weight excluding hydrogens is 458 g/mol. The third kappa shape index (κ3) is 3.08. The van der Waals surface area contributed by atoms with Crippen LogP contribution in [0.25, 0.3) is 10.9 Å². The summed E-state index contributed by atoms with van der Waals surface area (Å²) in [5, 5.41) is 25.3. The number of para-hydroxylation sites is 3. The van der Waals surface area contributed by atoms with Crippen LogP contribution >= 0.6 is 0 Å². The Hall–Kier alpha value is -4.43. The highest BCUT2D eigenvalue weighted by molar-refractivity contribution is 6.24. The first kappa shape index (κ1) is 22.1. The molecule has 180 valence electrons. The predicted molar refractivity (Wildman–Crippen MR) is 132 cm³/mol. The average molecular weight is 482 g/mol. The quantitative estimate of drug-likeness (QED) is 0.324. The van der Waals surface area contributed by atoms with E-state index in [1.807, 2.05) is 24.3 Å². The van der Waals surface area contributed by atoms with Gasteiger partial charge in [0.1, 0.15) is 11.3 Å². The highest BCUT2D eigenvalue weighted by atomic mass is 16.4. The van der Waals surface area contributed by atoms with Gasteiger partial charge in [0.2, 0.25) is 11.8 Å². The molecule has 3 aromatic carbocycles. The van der Waals surface area contributed by atoms with Gasteiger partial charge in [-0.25, -0.2) is 4.90 Å². The Bertz CT molecular complexity index is 1510. The molecule has 0 saturated carbocycles. The molecule has 4 atom stereocenters. The largest absolute Gasteiger partial charge is 0.508 e. The van der Waals surface area contributed by atoms with Gasteiger partial charge in [0.25, 0.3) is 0 Å². The predicted octanol–water partition coefficient (Wildman–Crippen LogP) is 3.39. The van der Waals surface area contributed by atoms with Gasteiger partial charge in [0, 0.05) is 35.1 Å². The van der Waals surface area contributed by atoms with E-state index in [0.717, 1.165) is 21.4 Å². The van der Waals surface area contributed by atoms with Gasteiger partial charge in [-0.3, -0.25) is 19.7 Å². The Morgan fingerprint density at radius 3 is 2.36 bits per heavy atom. The van der Waals surface area contributed by atoms with Gasteiger partial charge in [-0.15, -0.1) is 0 Å². The summed E-state index contributed by atoms with van der Waals surface area (Å²) in [5.74, 6) is -4.53. The van der Waals surface area contributed by atoms with E-state index in [1.165, 1.54) is 6.07 Å². The van der Waals surface area contributed by atoms with E-state index in [-0.39, 0.29) is 12.2 Å². The molecule has 2 fully saturated rings. The van der Waals surface area contributed by atoms with Gasteiger partial charge >= 0.3 is 5.97 Å². The minimum absolute atomic E-state index is 0.0285. The molecule has 4 N–H and O–H groups in total. The van der Waals surface area contributed by atoms with Crippen LogP contribution in [0.5, 0.6) is 5.75 Å². The number of carbonyl (C=O) groups excluding carboxylic acids is 2. The summed E-state index contributed by atoms with van der Waals surface area (Å²) >= 11 is 0. The smallest absolute Gasteiger partial charge is 0.325 e. The maximum absolute atomic E-state index is 13.9. The van der Waals surface area contributed by atoms with Gasteiger partial charge in [0.15, 0.2) is 0 Å². The molecule has 1 aromatic heterocycles. The van der Waals surface area contributed by atoms with Crippen molar-refractivity contribution in [1.29, 1.82) is 0 Å². The van der Waals surface area contributed by atoms with Crippen LogP contribution in [0.4, 0.5) is 5.69 Å². The number of carboxylic acid groups (broad SMARTS) is 1. The maximum atomic E-state index is 13.9. The number of hydrogen-bond donors (Lipinski definition) is 4. The number of fused-ring (bicyclic) bond motifs is 2. The number of nitrogens with one attached hydrogen (secondary N) is 2. The lowest BCUT2D eigenvalue weighted by atomic mass is 9.76. The third-order valence-electron chi connectivity index (χ3n) is 7.47. The number of phenolic OH excluding ortho intramolecular Hbond substituents is 1. The molecule has 3 heterocycles. The molecule has 0 radical (unpaired) electrons. The van der Waals surface area contributed by atoms with Crippen molar-refractivity contribution in [2.45, 2.75) is 18.0 Å². The zero-order chi connectivity index (χ0) is 25.0. The van der Waals surface area contributed by atoms with Crippen molar-refractivity contribution in [3.8, 4) is 5.75 Å². The number of imide groups is 1. The van der Waals surface area contributed by atoms with Crippen molar-refractivity contribution >= 4 is 34.4 Å². The van der Waals surface area contributed by atoms with Crippen molar-refractivity contribution in [2.75, 3.05) is 4.90 Å². The highest BCUT2D eigenvalue weighted by Crippen LogP contribution is 2.52. The number of hydrogen-bond acceptors (Lipinski definition) is 5. The van der Waals surface area contributed by atoms with E-state index < -0.39 is 41.2 Å². The number of nitrogens with zero attached hydrogens (tertiary/aromatic N) is 1. The van der Waals surface area contributed by atoms with Gasteiger partial charge in [-0.2, -0.15) is 0 Å². The average Bonchev–Trinajstić information content (AvgIpc) is 3.52. The number of aromatic hydroxyl groups is 1. The van der Waals surface area contributed by atoms with E-state index >= 15 is 0 Å². The van der Waals surface area contributed by atoms with Crippen molar-refractivity contribution in [3.63, 3.8) is 0 Å². The molecular formula is C28H23N3O5. The Morgan fingerprint density at radius 2 is 1.61 bits per heavy atom. The second-order valence-electron chi connectivity index (χ2n) is 9.34. The molecule has 0 unspecified atom stereocenters. The third-order valence-corrected chi connectivity index (χ3v) is 7.47. The molecule has 36 heavy (non-hydrogen) atoms. The molecule has 2 aliphatic rings. The fourth-order valence-electron chi connectivity index (χ4n) is 5.87. The van der Waals surface area contributed by atoms with Crippen LogP contribution in [0, 0.1) is 11.8 Å². The zero-order valence-electron chi connectivity index (χ0n) is 19.1. The van der Waals surface area contributed by atoms with Crippen LogP contribution in [0.15, 0.2) is 85.1 Å². The van der Waals surface area contributed by atoms with Crippen LogP contribution in [0.1, 0.15) is 17.2 Å². The number of phenols is 1. The number of aromatic amines is 1. The van der Waals surface area contributed by atoms with Crippen LogP contribution in [0.2, 0.25) is 0 Å². The zero-order valence-corrected chi connectivity index (χ0v) is 19.1. The van der Waals surface area contributed by atoms with Gasteiger partial charge < -0.3 is 15.2 Å². The van der Waals surface area contributed by atoms with Crippen molar-refractivity contribution in [3.05, 3.63) is 96.2 Å². The standard InChI is InChI=1S/C28H23N3O5/c32-21-13-7-5-11-19(21)24-22-23(26(34)31(25(22)33)17-8-2-1-3-9-17)28(30-24,27(35)36)14-16-15-29-20-12-6-4-10-18(16)20/h1-13,15,22-24,29-30,32H,14H2,(H,35,36)/t22-,23+,24+,28-/m1/s1. The molecule has 0 spiro atoms. The number of H-pyrrole nitrogens is 1. The van der Waals surface area contributed by atoms with Gasteiger partial charge in [-0.1, -0.05) is 54.6 Å².